The summed E-state index contributed by atoms with van der Waals surface area (Å²) in [5.41, 5.74) is 1.29. The number of aromatic hydroxyl groups is 2. The summed E-state index contributed by atoms with van der Waals surface area (Å²) < 4.78 is 4.89. The normalized spacial score (nSPS) is 10.8. The molecule has 0 fully saturated rings. The van der Waals surface area contributed by atoms with Gasteiger partial charge in [0.1, 0.15) is 17.1 Å². The van der Waals surface area contributed by atoms with Gasteiger partial charge in [0.25, 0.3) is 0 Å². The van der Waals surface area contributed by atoms with E-state index in [-0.39, 0.29) is 23.7 Å². The third-order valence-electron chi connectivity index (χ3n) is 3.43. The standard InChI is InChI=1S/C16H17ClO4/c1-3-21-16(20)13-14(18)9(2)11-5-4-10(6-7-17)8-12(11)15(13)19/h4-5,8,18-19H,3,6-7H2,1-2H3. The molecule has 0 saturated heterocycles. The number of rotatable bonds is 4. The molecule has 0 heterocycles. The van der Waals surface area contributed by atoms with Crippen molar-refractivity contribution in [3.63, 3.8) is 0 Å². The van der Waals surface area contributed by atoms with E-state index in [1.807, 2.05) is 6.07 Å². The van der Waals surface area contributed by atoms with Crippen molar-refractivity contribution in [1.82, 2.24) is 0 Å². The molecule has 0 bridgehead atoms. The van der Waals surface area contributed by atoms with Crippen LogP contribution in [0.1, 0.15) is 28.4 Å². The maximum atomic E-state index is 11.9. The Morgan fingerprint density at radius 1 is 1.24 bits per heavy atom. The summed E-state index contributed by atoms with van der Waals surface area (Å²) in [5.74, 6) is -0.777. The van der Waals surface area contributed by atoms with Gasteiger partial charge in [0.15, 0.2) is 0 Å². The number of aryl methyl sites for hydroxylation is 2. The maximum absolute atomic E-state index is 11.9. The molecule has 0 aliphatic carbocycles. The molecule has 2 rings (SSSR count). The Morgan fingerprint density at radius 3 is 2.57 bits per heavy atom. The molecule has 0 atom stereocenters. The third kappa shape index (κ3) is 2.76. The van der Waals surface area contributed by atoms with Gasteiger partial charge in [-0.25, -0.2) is 4.79 Å². The molecular formula is C16H17ClO4. The number of fused-ring (bicyclic) bond motifs is 1. The summed E-state index contributed by atoms with van der Waals surface area (Å²) in [6.07, 6.45) is 0.658. The molecule has 2 aromatic carbocycles. The Hall–Kier alpha value is -1.94. The summed E-state index contributed by atoms with van der Waals surface area (Å²) in [7, 11) is 0. The Labute approximate surface area is 127 Å². The Kier molecular flexibility index (Phi) is 4.58. The zero-order chi connectivity index (χ0) is 15.6. The third-order valence-corrected chi connectivity index (χ3v) is 3.62. The number of ether oxygens (including phenoxy) is 1. The summed E-state index contributed by atoms with van der Waals surface area (Å²) in [6, 6.07) is 5.48. The Bertz CT molecular complexity index is 694. The van der Waals surface area contributed by atoms with Crippen molar-refractivity contribution in [2.75, 3.05) is 12.5 Å². The molecule has 5 heteroatoms. The van der Waals surface area contributed by atoms with Gasteiger partial charge in [-0.2, -0.15) is 0 Å². The van der Waals surface area contributed by atoms with Crippen LogP contribution in [0.2, 0.25) is 0 Å². The van der Waals surface area contributed by atoms with Crippen LogP contribution in [-0.2, 0) is 11.2 Å². The Balaban J connectivity index is 2.73. The number of halogens is 1. The van der Waals surface area contributed by atoms with Crippen LogP contribution in [0.5, 0.6) is 11.5 Å². The molecule has 0 aliphatic heterocycles. The molecule has 21 heavy (non-hydrogen) atoms. The number of benzene rings is 2. The van der Waals surface area contributed by atoms with Crippen LogP contribution in [0.25, 0.3) is 10.8 Å². The van der Waals surface area contributed by atoms with Crippen LogP contribution in [0, 0.1) is 6.92 Å². The van der Waals surface area contributed by atoms with Crippen LogP contribution in [0.15, 0.2) is 18.2 Å². The lowest BCUT2D eigenvalue weighted by molar-refractivity contribution is 0.0520. The van der Waals surface area contributed by atoms with Gasteiger partial charge >= 0.3 is 5.97 Å². The van der Waals surface area contributed by atoms with E-state index >= 15 is 0 Å². The highest BCUT2D eigenvalue weighted by atomic mass is 35.5. The molecule has 0 saturated carbocycles. The summed E-state index contributed by atoms with van der Waals surface area (Å²) in [5, 5.41) is 21.7. The highest BCUT2D eigenvalue weighted by molar-refractivity contribution is 6.18. The van der Waals surface area contributed by atoms with E-state index in [1.165, 1.54) is 0 Å². The van der Waals surface area contributed by atoms with Crippen LogP contribution in [-0.4, -0.2) is 28.7 Å². The minimum absolute atomic E-state index is 0.168. The first-order valence-electron chi connectivity index (χ1n) is 6.71. The smallest absolute Gasteiger partial charge is 0.345 e. The number of carbonyl (C=O) groups is 1. The number of phenols is 2. The molecule has 0 aliphatic rings. The second-order valence-corrected chi connectivity index (χ2v) is 5.11. The largest absolute Gasteiger partial charge is 0.507 e. The highest BCUT2D eigenvalue weighted by Crippen LogP contribution is 2.40. The van der Waals surface area contributed by atoms with E-state index in [9.17, 15) is 15.0 Å². The summed E-state index contributed by atoms with van der Waals surface area (Å²) in [6.45, 7) is 3.53. The molecule has 2 aromatic rings. The summed E-state index contributed by atoms with van der Waals surface area (Å²) >= 11 is 5.73. The van der Waals surface area contributed by atoms with E-state index in [0.717, 1.165) is 5.56 Å². The first kappa shape index (κ1) is 15.4. The highest BCUT2D eigenvalue weighted by Gasteiger charge is 2.23. The number of carbonyl (C=O) groups excluding carboxylic acids is 1. The van der Waals surface area contributed by atoms with Crippen molar-refractivity contribution in [2.45, 2.75) is 20.3 Å². The van der Waals surface area contributed by atoms with Crippen molar-refractivity contribution in [2.24, 2.45) is 0 Å². The number of alkyl halides is 1. The molecule has 112 valence electrons. The fourth-order valence-electron chi connectivity index (χ4n) is 2.34. The molecule has 0 aromatic heterocycles. The van der Waals surface area contributed by atoms with Gasteiger partial charge in [0, 0.05) is 11.3 Å². The molecular weight excluding hydrogens is 292 g/mol. The SMILES string of the molecule is CCOC(=O)c1c(O)c(C)c2ccc(CCCl)cc2c1O. The average molecular weight is 309 g/mol. The van der Waals surface area contributed by atoms with Crippen LogP contribution in [0.3, 0.4) is 0 Å². The van der Waals surface area contributed by atoms with Crippen molar-refractivity contribution in [3.8, 4) is 11.5 Å². The second-order valence-electron chi connectivity index (χ2n) is 4.74. The molecule has 0 amide bonds. The van der Waals surface area contributed by atoms with Gasteiger partial charge in [-0.15, -0.1) is 11.6 Å². The number of hydrogen-bond donors (Lipinski definition) is 2. The number of phenolic OH excluding ortho intramolecular Hbond substituents is 2. The maximum Gasteiger partial charge on any atom is 0.345 e. The van der Waals surface area contributed by atoms with Gasteiger partial charge in [0.2, 0.25) is 0 Å². The fraction of sp³-hybridized carbons (Fsp3) is 0.312. The minimum atomic E-state index is -0.736. The second kappa shape index (κ2) is 6.22. The first-order chi connectivity index (χ1) is 10.0. The van der Waals surface area contributed by atoms with E-state index < -0.39 is 5.97 Å². The zero-order valence-corrected chi connectivity index (χ0v) is 12.7. The predicted molar refractivity (Wildman–Crippen MR) is 82.4 cm³/mol. The zero-order valence-electron chi connectivity index (χ0n) is 11.9. The molecule has 4 nitrogen and oxygen atoms in total. The topological polar surface area (TPSA) is 66.8 Å². The van der Waals surface area contributed by atoms with Crippen molar-refractivity contribution < 1.29 is 19.7 Å². The van der Waals surface area contributed by atoms with E-state index in [0.29, 0.717) is 28.6 Å². The van der Waals surface area contributed by atoms with Gasteiger partial charge in [-0.3, -0.25) is 0 Å². The van der Waals surface area contributed by atoms with Crippen molar-refractivity contribution >= 4 is 28.3 Å². The van der Waals surface area contributed by atoms with Gasteiger partial charge < -0.3 is 14.9 Å². The lowest BCUT2D eigenvalue weighted by Crippen LogP contribution is -2.06. The predicted octanol–water partition coefficient (Wildman–Crippen LogP) is 3.52. The Morgan fingerprint density at radius 2 is 1.95 bits per heavy atom. The monoisotopic (exact) mass is 308 g/mol. The van der Waals surface area contributed by atoms with Crippen molar-refractivity contribution in [3.05, 3.63) is 34.9 Å². The first-order valence-corrected chi connectivity index (χ1v) is 7.24. The van der Waals surface area contributed by atoms with E-state index in [2.05, 4.69) is 0 Å². The van der Waals surface area contributed by atoms with Gasteiger partial charge in [-0.1, -0.05) is 12.1 Å². The molecule has 0 radical (unpaired) electrons. The number of hydrogen-bond acceptors (Lipinski definition) is 4. The molecule has 0 unspecified atom stereocenters. The van der Waals surface area contributed by atoms with Crippen LogP contribution < -0.4 is 0 Å². The molecule has 2 N–H and O–H groups in total. The lowest BCUT2D eigenvalue weighted by atomic mass is 9.96. The quantitative estimate of drug-likeness (QED) is 0.670. The van der Waals surface area contributed by atoms with Crippen LogP contribution >= 0.6 is 11.6 Å². The van der Waals surface area contributed by atoms with Crippen LogP contribution in [0.4, 0.5) is 0 Å². The van der Waals surface area contributed by atoms with Crippen molar-refractivity contribution in [1.29, 1.82) is 0 Å². The minimum Gasteiger partial charge on any atom is -0.507 e. The molecule has 0 spiro atoms. The van der Waals surface area contributed by atoms with Gasteiger partial charge in [0.05, 0.1) is 6.61 Å². The summed E-state index contributed by atoms with van der Waals surface area (Å²) in [4.78, 5) is 11.9. The number of esters is 1. The average Bonchev–Trinajstić information content (AvgIpc) is 2.46. The lowest BCUT2D eigenvalue weighted by Gasteiger charge is -2.14. The van der Waals surface area contributed by atoms with E-state index in [1.54, 1.807) is 26.0 Å². The van der Waals surface area contributed by atoms with Gasteiger partial charge in [-0.05, 0) is 42.8 Å². The van der Waals surface area contributed by atoms with E-state index in [4.69, 9.17) is 16.3 Å². The fourth-order valence-corrected chi connectivity index (χ4v) is 2.56.